The lowest BCUT2D eigenvalue weighted by Crippen LogP contribution is -1.99. The van der Waals surface area contributed by atoms with Crippen LogP contribution in [0.15, 0.2) is 36.4 Å². The zero-order valence-electron chi connectivity index (χ0n) is 6.64. The van der Waals surface area contributed by atoms with Gasteiger partial charge in [0.1, 0.15) is 0 Å². The van der Waals surface area contributed by atoms with Crippen LogP contribution in [0.5, 0.6) is 0 Å². The first-order valence-corrected chi connectivity index (χ1v) is 3.63. The molecule has 0 amide bonds. The maximum absolute atomic E-state index is 7.92. The molecule has 0 unspecified atom stereocenters. The zero-order chi connectivity index (χ0) is 8.53. The summed E-state index contributed by atoms with van der Waals surface area (Å²) in [6, 6.07) is 12.0. The van der Waals surface area contributed by atoms with E-state index in [9.17, 15) is 0 Å². The Bertz CT molecular complexity index is 122. The Balaban J connectivity index is 0.000000187. The highest BCUT2D eigenvalue weighted by Crippen LogP contribution is 1.80. The third-order valence-electron chi connectivity index (χ3n) is 1.03. The second-order valence-electron chi connectivity index (χ2n) is 2.04. The fraction of sp³-hybridized carbons (Fsp3) is 0.333. The Morgan fingerprint density at radius 1 is 0.909 bits per heavy atom. The van der Waals surface area contributed by atoms with Crippen molar-refractivity contribution < 1.29 is 10.2 Å². The summed E-state index contributed by atoms with van der Waals surface area (Å²) >= 11 is 0. The molecule has 0 heterocycles. The van der Waals surface area contributed by atoms with Crippen molar-refractivity contribution >= 4 is 0 Å². The number of aliphatic hydroxyl groups is 2. The van der Waals surface area contributed by atoms with E-state index in [1.54, 1.807) is 6.92 Å². The van der Waals surface area contributed by atoms with Crippen molar-refractivity contribution in [1.82, 2.24) is 0 Å². The summed E-state index contributed by atoms with van der Waals surface area (Å²) in [7, 11) is 0. The second kappa shape index (κ2) is 7.25. The van der Waals surface area contributed by atoms with E-state index in [2.05, 4.69) is 0 Å². The number of aliphatic hydroxyl groups excluding tert-OH is 1. The van der Waals surface area contributed by atoms with Crippen LogP contribution in [0.25, 0.3) is 0 Å². The van der Waals surface area contributed by atoms with Gasteiger partial charge in [0.05, 0.1) is 0 Å². The molecule has 62 valence electrons. The molecule has 2 N–H and O–H groups in total. The third kappa shape index (κ3) is 9.14. The highest BCUT2D eigenvalue weighted by atomic mass is 16.5. The van der Waals surface area contributed by atoms with E-state index in [1.165, 1.54) is 0 Å². The number of hydrogen-bond donors (Lipinski definition) is 2. The Labute approximate surface area is 67.1 Å². The molecule has 0 fully saturated rings. The van der Waals surface area contributed by atoms with Crippen molar-refractivity contribution in [2.45, 2.75) is 19.6 Å². The van der Waals surface area contributed by atoms with Crippen LogP contribution in [0.1, 0.15) is 13.3 Å². The Morgan fingerprint density at radius 2 is 1.09 bits per heavy atom. The summed E-state index contributed by atoms with van der Waals surface area (Å²) in [6.45, 7) is 1.70. The van der Waals surface area contributed by atoms with Gasteiger partial charge < -0.3 is 10.2 Å². The molecule has 1 aromatic rings. The molecule has 2 heteroatoms. The van der Waals surface area contributed by atoms with E-state index in [0.717, 1.165) is 0 Å². The van der Waals surface area contributed by atoms with E-state index in [0.29, 0.717) is 6.42 Å². The lowest BCUT2D eigenvalue weighted by atomic mass is 10.4. The van der Waals surface area contributed by atoms with E-state index in [4.69, 9.17) is 10.2 Å². The Kier molecular flexibility index (Phi) is 6.68. The molecular formula is C9H14O2. The van der Waals surface area contributed by atoms with Crippen LogP contribution in [-0.2, 0) is 0 Å². The van der Waals surface area contributed by atoms with Crippen LogP contribution < -0.4 is 0 Å². The fourth-order valence-electron chi connectivity index (χ4n) is 0.385. The van der Waals surface area contributed by atoms with Crippen LogP contribution in [-0.4, -0.2) is 16.5 Å². The molecule has 0 saturated carbocycles. The maximum Gasteiger partial charge on any atom is 0.151 e. The summed E-state index contributed by atoms with van der Waals surface area (Å²) in [5.74, 6) is 0. The molecule has 1 aromatic carbocycles. The Hall–Kier alpha value is -0.860. The summed E-state index contributed by atoms with van der Waals surface area (Å²) in [4.78, 5) is 0. The first-order valence-electron chi connectivity index (χ1n) is 3.63. The zero-order valence-corrected chi connectivity index (χ0v) is 6.64. The van der Waals surface area contributed by atoms with Gasteiger partial charge in [-0.15, -0.1) is 0 Å². The van der Waals surface area contributed by atoms with E-state index >= 15 is 0 Å². The molecule has 11 heavy (non-hydrogen) atoms. The Morgan fingerprint density at radius 3 is 1.18 bits per heavy atom. The fourth-order valence-corrected chi connectivity index (χ4v) is 0.385. The maximum atomic E-state index is 7.92. The SMILES string of the molecule is CCC(O)O.c1ccccc1. The molecule has 0 aromatic heterocycles. The van der Waals surface area contributed by atoms with Crippen molar-refractivity contribution in [1.29, 1.82) is 0 Å². The lowest BCUT2D eigenvalue weighted by molar-refractivity contribution is -0.0413. The minimum Gasteiger partial charge on any atom is -0.368 e. The average Bonchev–Trinajstić information content (AvgIpc) is 2.09. The molecule has 0 saturated heterocycles. The minimum atomic E-state index is -1.12. The van der Waals surface area contributed by atoms with Gasteiger partial charge in [-0.05, 0) is 6.42 Å². The lowest BCUT2D eigenvalue weighted by Gasteiger charge is -1.90. The smallest absolute Gasteiger partial charge is 0.151 e. The largest absolute Gasteiger partial charge is 0.368 e. The van der Waals surface area contributed by atoms with Crippen LogP contribution >= 0.6 is 0 Å². The van der Waals surface area contributed by atoms with Gasteiger partial charge in [0, 0.05) is 0 Å². The van der Waals surface area contributed by atoms with Gasteiger partial charge in [-0.2, -0.15) is 0 Å². The molecule has 0 spiro atoms. The molecule has 0 aliphatic heterocycles. The van der Waals surface area contributed by atoms with Crippen molar-refractivity contribution in [2.24, 2.45) is 0 Å². The van der Waals surface area contributed by atoms with Gasteiger partial charge in [-0.25, -0.2) is 0 Å². The number of benzene rings is 1. The molecule has 0 aliphatic carbocycles. The first kappa shape index (κ1) is 10.1. The highest BCUT2D eigenvalue weighted by Gasteiger charge is 1.83. The minimum absolute atomic E-state index is 0.417. The molecule has 0 atom stereocenters. The van der Waals surface area contributed by atoms with Crippen molar-refractivity contribution in [2.75, 3.05) is 0 Å². The molecule has 0 aliphatic rings. The summed E-state index contributed by atoms with van der Waals surface area (Å²) in [5.41, 5.74) is 0. The van der Waals surface area contributed by atoms with Crippen LogP contribution in [0.3, 0.4) is 0 Å². The standard InChI is InChI=1S/C6H6.C3H8O2/c1-2-4-6-5-3-1;1-2-3(4)5/h1-6H;3-5H,2H2,1H3. The quantitative estimate of drug-likeness (QED) is 0.600. The van der Waals surface area contributed by atoms with E-state index in [-0.39, 0.29) is 0 Å². The highest BCUT2D eigenvalue weighted by molar-refractivity contribution is 4.99. The molecule has 0 bridgehead atoms. The van der Waals surface area contributed by atoms with E-state index in [1.807, 2.05) is 36.4 Å². The first-order chi connectivity index (χ1) is 5.27. The molecule has 1 rings (SSSR count). The topological polar surface area (TPSA) is 40.5 Å². The van der Waals surface area contributed by atoms with Crippen molar-refractivity contribution in [3.63, 3.8) is 0 Å². The number of hydrogen-bond acceptors (Lipinski definition) is 2. The third-order valence-corrected chi connectivity index (χ3v) is 1.03. The normalized spacial score (nSPS) is 8.73. The van der Waals surface area contributed by atoms with E-state index < -0.39 is 6.29 Å². The molecular weight excluding hydrogens is 140 g/mol. The van der Waals surface area contributed by atoms with Gasteiger partial charge in [0.2, 0.25) is 0 Å². The number of rotatable bonds is 1. The van der Waals surface area contributed by atoms with Crippen LogP contribution in [0.4, 0.5) is 0 Å². The second-order valence-corrected chi connectivity index (χ2v) is 2.04. The molecule has 0 radical (unpaired) electrons. The monoisotopic (exact) mass is 154 g/mol. The molecule has 2 nitrogen and oxygen atoms in total. The predicted octanol–water partition coefficient (Wildman–Crippen LogP) is 1.39. The van der Waals surface area contributed by atoms with Crippen LogP contribution in [0.2, 0.25) is 0 Å². The van der Waals surface area contributed by atoms with Gasteiger partial charge in [-0.3, -0.25) is 0 Å². The predicted molar refractivity (Wildman–Crippen MR) is 45.0 cm³/mol. The van der Waals surface area contributed by atoms with Gasteiger partial charge in [-0.1, -0.05) is 43.3 Å². The average molecular weight is 154 g/mol. The van der Waals surface area contributed by atoms with Gasteiger partial charge in [0.25, 0.3) is 0 Å². The van der Waals surface area contributed by atoms with Gasteiger partial charge in [0.15, 0.2) is 6.29 Å². The summed E-state index contributed by atoms with van der Waals surface area (Å²) in [5, 5.41) is 15.8. The van der Waals surface area contributed by atoms with Crippen molar-refractivity contribution in [3.05, 3.63) is 36.4 Å². The van der Waals surface area contributed by atoms with Crippen LogP contribution in [0, 0.1) is 0 Å². The van der Waals surface area contributed by atoms with Gasteiger partial charge >= 0.3 is 0 Å². The summed E-state index contributed by atoms with van der Waals surface area (Å²) in [6.07, 6.45) is -0.699. The summed E-state index contributed by atoms with van der Waals surface area (Å²) < 4.78 is 0. The van der Waals surface area contributed by atoms with Crippen molar-refractivity contribution in [3.8, 4) is 0 Å².